The summed E-state index contributed by atoms with van der Waals surface area (Å²) < 4.78 is 22.6. The molecule has 1 atom stereocenters. The molecule has 1 aromatic rings. The van der Waals surface area contributed by atoms with Gasteiger partial charge in [0.15, 0.2) is 9.84 Å². The molecule has 0 saturated carbocycles. The number of nitrogens with one attached hydrogen (secondary N) is 1. The highest BCUT2D eigenvalue weighted by Gasteiger charge is 2.20. The van der Waals surface area contributed by atoms with Crippen LogP contribution in [0.4, 0.5) is 5.69 Å². The van der Waals surface area contributed by atoms with Crippen molar-refractivity contribution >= 4 is 27.1 Å². The summed E-state index contributed by atoms with van der Waals surface area (Å²) in [6.07, 6.45) is 2.09. The van der Waals surface area contributed by atoms with Crippen LogP contribution >= 0.6 is 11.6 Å². The number of sulfone groups is 1. The molecule has 96 valence electrons. The van der Waals surface area contributed by atoms with E-state index < -0.39 is 9.84 Å². The lowest BCUT2D eigenvalue weighted by molar-refractivity contribution is 0.554. The second kappa shape index (κ2) is 5.27. The van der Waals surface area contributed by atoms with Crippen LogP contribution in [0.3, 0.4) is 0 Å². The van der Waals surface area contributed by atoms with Gasteiger partial charge >= 0.3 is 0 Å². The van der Waals surface area contributed by atoms with E-state index in [-0.39, 0.29) is 5.54 Å². The Hall–Kier alpha value is -0.740. The van der Waals surface area contributed by atoms with Crippen LogP contribution in [0, 0.1) is 0 Å². The fourth-order valence-corrected chi connectivity index (χ4v) is 2.24. The van der Waals surface area contributed by atoms with Crippen molar-refractivity contribution in [3.63, 3.8) is 0 Å². The van der Waals surface area contributed by atoms with E-state index in [9.17, 15) is 8.42 Å². The van der Waals surface area contributed by atoms with Crippen LogP contribution in [0.5, 0.6) is 0 Å². The van der Waals surface area contributed by atoms with E-state index in [1.807, 2.05) is 6.92 Å². The smallest absolute Gasteiger partial charge is 0.175 e. The van der Waals surface area contributed by atoms with Crippen molar-refractivity contribution in [1.82, 2.24) is 0 Å². The minimum absolute atomic E-state index is 0.172. The first-order chi connectivity index (χ1) is 7.80. The number of halogens is 1. The van der Waals surface area contributed by atoms with Gasteiger partial charge in [0.05, 0.1) is 4.90 Å². The van der Waals surface area contributed by atoms with Crippen molar-refractivity contribution in [2.24, 2.45) is 0 Å². The van der Waals surface area contributed by atoms with E-state index >= 15 is 0 Å². The predicted octanol–water partition coefficient (Wildman–Crippen LogP) is 2.91. The maximum absolute atomic E-state index is 11.3. The lowest BCUT2D eigenvalue weighted by atomic mass is 10.0. The Morgan fingerprint density at radius 1 is 1.29 bits per heavy atom. The topological polar surface area (TPSA) is 46.2 Å². The van der Waals surface area contributed by atoms with Gasteiger partial charge in [-0.1, -0.05) is 6.92 Å². The molecule has 0 bridgehead atoms. The average Bonchev–Trinajstić information content (AvgIpc) is 2.28. The Kier molecular flexibility index (Phi) is 4.44. The molecule has 0 aromatic heterocycles. The SMILES string of the molecule is CCC(C)(CCl)Nc1ccc(S(C)(=O)=O)cc1. The number of benzene rings is 1. The minimum atomic E-state index is -3.13. The minimum Gasteiger partial charge on any atom is -0.379 e. The van der Waals surface area contributed by atoms with Crippen LogP contribution in [-0.4, -0.2) is 26.1 Å². The number of rotatable bonds is 5. The molecular formula is C12H18ClNO2S. The summed E-state index contributed by atoms with van der Waals surface area (Å²) in [6.45, 7) is 4.09. The molecule has 0 radical (unpaired) electrons. The molecule has 0 amide bonds. The number of hydrogen-bond donors (Lipinski definition) is 1. The second-order valence-electron chi connectivity index (χ2n) is 4.47. The lowest BCUT2D eigenvalue weighted by Crippen LogP contribution is -2.35. The molecule has 0 aliphatic heterocycles. The Balaban J connectivity index is 2.89. The molecule has 0 aliphatic rings. The van der Waals surface area contributed by atoms with Crippen LogP contribution in [0.15, 0.2) is 29.2 Å². The third-order valence-corrected chi connectivity index (χ3v) is 4.52. The van der Waals surface area contributed by atoms with Crippen molar-refractivity contribution in [3.05, 3.63) is 24.3 Å². The van der Waals surface area contributed by atoms with E-state index in [0.717, 1.165) is 12.1 Å². The molecule has 0 fully saturated rings. The van der Waals surface area contributed by atoms with Gasteiger partial charge in [0, 0.05) is 23.4 Å². The lowest BCUT2D eigenvalue weighted by Gasteiger charge is -2.28. The summed E-state index contributed by atoms with van der Waals surface area (Å²) in [5, 5.41) is 3.31. The van der Waals surface area contributed by atoms with Crippen molar-refractivity contribution in [2.45, 2.75) is 30.7 Å². The summed E-state index contributed by atoms with van der Waals surface area (Å²) in [7, 11) is -3.13. The zero-order chi connectivity index (χ0) is 13.1. The van der Waals surface area contributed by atoms with E-state index in [4.69, 9.17) is 11.6 Å². The monoisotopic (exact) mass is 275 g/mol. The molecule has 5 heteroatoms. The molecule has 1 rings (SSSR count). The van der Waals surface area contributed by atoms with Crippen LogP contribution in [0.2, 0.25) is 0 Å². The van der Waals surface area contributed by atoms with Crippen LogP contribution in [-0.2, 0) is 9.84 Å². The van der Waals surface area contributed by atoms with E-state index in [2.05, 4.69) is 12.2 Å². The fraction of sp³-hybridized carbons (Fsp3) is 0.500. The first kappa shape index (κ1) is 14.3. The Bertz CT molecular complexity index is 464. The summed E-state index contributed by atoms with van der Waals surface area (Å²) in [4.78, 5) is 0.326. The highest BCUT2D eigenvalue weighted by Crippen LogP contribution is 2.21. The molecule has 17 heavy (non-hydrogen) atoms. The van der Waals surface area contributed by atoms with Gasteiger partial charge in [-0.3, -0.25) is 0 Å². The molecule has 0 heterocycles. The Labute approximate surface area is 108 Å². The van der Waals surface area contributed by atoms with Crippen molar-refractivity contribution in [2.75, 3.05) is 17.5 Å². The fourth-order valence-electron chi connectivity index (χ4n) is 1.35. The van der Waals surface area contributed by atoms with Gasteiger partial charge in [0.25, 0.3) is 0 Å². The highest BCUT2D eigenvalue weighted by molar-refractivity contribution is 7.90. The number of anilines is 1. The number of alkyl halides is 1. The Morgan fingerprint density at radius 2 is 1.82 bits per heavy atom. The molecule has 1 N–H and O–H groups in total. The molecule has 0 spiro atoms. The van der Waals surface area contributed by atoms with Crippen molar-refractivity contribution in [3.8, 4) is 0 Å². The van der Waals surface area contributed by atoms with E-state index in [0.29, 0.717) is 10.8 Å². The zero-order valence-corrected chi connectivity index (χ0v) is 11.9. The average molecular weight is 276 g/mol. The van der Waals surface area contributed by atoms with Crippen LogP contribution in [0.1, 0.15) is 20.3 Å². The summed E-state index contributed by atoms with van der Waals surface area (Å²) in [6, 6.07) is 6.72. The standard InChI is InChI=1S/C12H18ClNO2S/c1-4-12(2,9-13)14-10-5-7-11(8-6-10)17(3,15)16/h5-8,14H,4,9H2,1-3H3. The van der Waals surface area contributed by atoms with Gasteiger partial charge in [-0.2, -0.15) is 0 Å². The van der Waals surface area contributed by atoms with Gasteiger partial charge < -0.3 is 5.32 Å². The first-order valence-corrected chi connectivity index (χ1v) is 7.87. The second-order valence-corrected chi connectivity index (χ2v) is 6.75. The summed E-state index contributed by atoms with van der Waals surface area (Å²) in [5.74, 6) is 0.497. The zero-order valence-electron chi connectivity index (χ0n) is 10.3. The first-order valence-electron chi connectivity index (χ1n) is 5.45. The van der Waals surface area contributed by atoms with Gasteiger partial charge in [-0.15, -0.1) is 11.6 Å². The van der Waals surface area contributed by atoms with Crippen LogP contribution < -0.4 is 5.32 Å². The third-order valence-electron chi connectivity index (χ3n) is 2.80. The van der Waals surface area contributed by atoms with Gasteiger partial charge in [0.2, 0.25) is 0 Å². The quantitative estimate of drug-likeness (QED) is 0.841. The van der Waals surface area contributed by atoms with Gasteiger partial charge in [0.1, 0.15) is 0 Å². The highest BCUT2D eigenvalue weighted by atomic mass is 35.5. The normalized spacial score (nSPS) is 15.3. The van der Waals surface area contributed by atoms with E-state index in [1.54, 1.807) is 24.3 Å². The molecular weight excluding hydrogens is 258 g/mol. The van der Waals surface area contributed by atoms with E-state index in [1.165, 1.54) is 6.26 Å². The molecule has 1 aromatic carbocycles. The summed E-state index contributed by atoms with van der Waals surface area (Å²) >= 11 is 5.90. The largest absolute Gasteiger partial charge is 0.379 e. The number of hydrogen-bond acceptors (Lipinski definition) is 3. The molecule has 3 nitrogen and oxygen atoms in total. The molecule has 0 saturated heterocycles. The van der Waals surface area contributed by atoms with Crippen molar-refractivity contribution < 1.29 is 8.42 Å². The van der Waals surface area contributed by atoms with Crippen LogP contribution in [0.25, 0.3) is 0 Å². The third kappa shape index (κ3) is 3.89. The molecule has 0 aliphatic carbocycles. The predicted molar refractivity (Wildman–Crippen MR) is 72.6 cm³/mol. The maximum atomic E-state index is 11.3. The Morgan fingerprint density at radius 3 is 2.18 bits per heavy atom. The van der Waals surface area contributed by atoms with Gasteiger partial charge in [-0.05, 0) is 37.6 Å². The molecule has 1 unspecified atom stereocenters. The summed E-state index contributed by atoms with van der Waals surface area (Å²) in [5.41, 5.74) is 0.705. The van der Waals surface area contributed by atoms with Crippen molar-refractivity contribution in [1.29, 1.82) is 0 Å². The maximum Gasteiger partial charge on any atom is 0.175 e. The van der Waals surface area contributed by atoms with Gasteiger partial charge in [-0.25, -0.2) is 8.42 Å².